The Morgan fingerprint density at radius 2 is 1.63 bits per heavy atom. The lowest BCUT2D eigenvalue weighted by atomic mass is 9.98. The van der Waals surface area contributed by atoms with Crippen LogP contribution in [0.1, 0.15) is 28.4 Å². The minimum absolute atomic E-state index is 0.0620. The number of benzene rings is 2. The summed E-state index contributed by atoms with van der Waals surface area (Å²) < 4.78 is 26.6. The summed E-state index contributed by atoms with van der Waals surface area (Å²) in [6.45, 7) is 3.87. The zero-order chi connectivity index (χ0) is 14.0. The van der Waals surface area contributed by atoms with Crippen LogP contribution >= 0.6 is 0 Å². The average molecular weight is 262 g/mol. The summed E-state index contributed by atoms with van der Waals surface area (Å²) in [5, 5.41) is 10.1. The summed E-state index contributed by atoms with van der Waals surface area (Å²) in [6, 6.07) is 8.99. The summed E-state index contributed by atoms with van der Waals surface area (Å²) in [6.07, 6.45) is -0.776. The van der Waals surface area contributed by atoms with Crippen LogP contribution in [0.15, 0.2) is 36.4 Å². The molecule has 1 nitrogen and oxygen atoms in total. The van der Waals surface area contributed by atoms with Crippen molar-refractivity contribution in [3.63, 3.8) is 0 Å². The van der Waals surface area contributed by atoms with E-state index in [1.807, 2.05) is 32.0 Å². The van der Waals surface area contributed by atoms with Gasteiger partial charge in [0.15, 0.2) is 0 Å². The van der Waals surface area contributed by atoms with E-state index in [9.17, 15) is 13.9 Å². The van der Waals surface area contributed by atoms with Gasteiger partial charge in [-0.15, -0.1) is 0 Å². The molecule has 2 aromatic rings. The van der Waals surface area contributed by atoms with Crippen molar-refractivity contribution >= 4 is 0 Å². The molecule has 3 heteroatoms. The second-order valence-electron chi connectivity index (χ2n) is 4.88. The Morgan fingerprint density at radius 1 is 1.00 bits per heavy atom. The standard InChI is InChI=1S/C16H16F2O/c1-10-5-11(2)7-13(6-10)16(19)9-12-8-14(17)3-4-15(12)18/h3-8,16,19H,9H2,1-2H3. The van der Waals surface area contributed by atoms with Crippen LogP contribution in [0.2, 0.25) is 0 Å². The molecule has 2 aromatic carbocycles. The molecule has 1 N–H and O–H groups in total. The molecule has 0 spiro atoms. The Hall–Kier alpha value is -1.74. The second kappa shape index (κ2) is 5.49. The Balaban J connectivity index is 2.25. The lowest BCUT2D eigenvalue weighted by molar-refractivity contribution is 0.177. The van der Waals surface area contributed by atoms with Crippen LogP contribution in [0, 0.1) is 25.5 Å². The number of hydrogen-bond donors (Lipinski definition) is 1. The van der Waals surface area contributed by atoms with Crippen LogP contribution in [-0.2, 0) is 6.42 Å². The van der Waals surface area contributed by atoms with E-state index in [2.05, 4.69) is 0 Å². The van der Waals surface area contributed by atoms with Crippen LogP contribution in [0.5, 0.6) is 0 Å². The van der Waals surface area contributed by atoms with Gasteiger partial charge in [0.05, 0.1) is 6.10 Å². The predicted octanol–water partition coefficient (Wildman–Crippen LogP) is 3.86. The molecule has 1 atom stereocenters. The second-order valence-corrected chi connectivity index (χ2v) is 4.88. The van der Waals surface area contributed by atoms with E-state index >= 15 is 0 Å². The van der Waals surface area contributed by atoms with E-state index in [1.54, 1.807) is 0 Å². The molecular formula is C16H16F2O. The minimum Gasteiger partial charge on any atom is -0.388 e. The van der Waals surface area contributed by atoms with Gasteiger partial charge in [0, 0.05) is 6.42 Å². The molecule has 0 saturated heterocycles. The molecular weight excluding hydrogens is 246 g/mol. The van der Waals surface area contributed by atoms with Crippen molar-refractivity contribution in [3.8, 4) is 0 Å². The van der Waals surface area contributed by atoms with Crippen molar-refractivity contribution < 1.29 is 13.9 Å². The summed E-state index contributed by atoms with van der Waals surface area (Å²) >= 11 is 0. The SMILES string of the molecule is Cc1cc(C)cc(C(O)Cc2cc(F)ccc2F)c1. The van der Waals surface area contributed by atoms with E-state index in [-0.39, 0.29) is 12.0 Å². The van der Waals surface area contributed by atoms with Crippen LogP contribution in [0.25, 0.3) is 0 Å². The molecule has 0 heterocycles. The largest absolute Gasteiger partial charge is 0.388 e. The van der Waals surface area contributed by atoms with Crippen LogP contribution < -0.4 is 0 Å². The molecule has 0 aliphatic rings. The topological polar surface area (TPSA) is 20.2 Å². The molecule has 100 valence electrons. The maximum absolute atomic E-state index is 13.5. The molecule has 0 saturated carbocycles. The first-order valence-corrected chi connectivity index (χ1v) is 6.16. The first kappa shape index (κ1) is 13.7. The van der Waals surface area contributed by atoms with Crippen molar-refractivity contribution in [2.45, 2.75) is 26.4 Å². The van der Waals surface area contributed by atoms with Gasteiger partial charge in [-0.2, -0.15) is 0 Å². The maximum Gasteiger partial charge on any atom is 0.126 e. The Morgan fingerprint density at radius 3 is 2.26 bits per heavy atom. The summed E-state index contributed by atoms with van der Waals surface area (Å²) in [5.41, 5.74) is 2.98. The Bertz CT molecular complexity index is 573. The molecule has 19 heavy (non-hydrogen) atoms. The highest BCUT2D eigenvalue weighted by molar-refractivity contribution is 5.31. The van der Waals surface area contributed by atoms with Crippen LogP contribution in [0.4, 0.5) is 8.78 Å². The molecule has 0 aliphatic heterocycles. The van der Waals surface area contributed by atoms with Gasteiger partial charge in [-0.25, -0.2) is 8.78 Å². The fourth-order valence-corrected chi connectivity index (χ4v) is 2.23. The number of aryl methyl sites for hydroxylation is 2. The number of hydrogen-bond acceptors (Lipinski definition) is 1. The Labute approximate surface area is 111 Å². The smallest absolute Gasteiger partial charge is 0.126 e. The first-order valence-electron chi connectivity index (χ1n) is 6.16. The van der Waals surface area contributed by atoms with Crippen LogP contribution in [-0.4, -0.2) is 5.11 Å². The molecule has 2 rings (SSSR count). The lowest BCUT2D eigenvalue weighted by Crippen LogP contribution is -2.04. The highest BCUT2D eigenvalue weighted by atomic mass is 19.1. The van der Waals surface area contributed by atoms with Gasteiger partial charge < -0.3 is 5.11 Å². The monoisotopic (exact) mass is 262 g/mol. The minimum atomic E-state index is -0.838. The van der Waals surface area contributed by atoms with E-state index in [0.717, 1.165) is 34.9 Å². The summed E-state index contributed by atoms with van der Waals surface area (Å²) in [7, 11) is 0. The fourth-order valence-electron chi connectivity index (χ4n) is 2.23. The van der Waals surface area contributed by atoms with E-state index in [4.69, 9.17) is 0 Å². The molecule has 0 fully saturated rings. The van der Waals surface area contributed by atoms with Gasteiger partial charge in [0.2, 0.25) is 0 Å². The predicted molar refractivity (Wildman–Crippen MR) is 70.9 cm³/mol. The Kier molecular flexibility index (Phi) is 3.96. The third-order valence-corrected chi connectivity index (χ3v) is 3.05. The van der Waals surface area contributed by atoms with Crippen molar-refractivity contribution in [1.82, 2.24) is 0 Å². The van der Waals surface area contributed by atoms with Gasteiger partial charge in [-0.3, -0.25) is 0 Å². The van der Waals surface area contributed by atoms with Crippen molar-refractivity contribution in [2.24, 2.45) is 0 Å². The molecule has 0 aliphatic carbocycles. The zero-order valence-corrected chi connectivity index (χ0v) is 11.0. The third-order valence-electron chi connectivity index (χ3n) is 3.05. The van der Waals surface area contributed by atoms with Gasteiger partial charge >= 0.3 is 0 Å². The van der Waals surface area contributed by atoms with Crippen molar-refractivity contribution in [2.75, 3.05) is 0 Å². The van der Waals surface area contributed by atoms with Gasteiger partial charge in [0.1, 0.15) is 11.6 Å². The summed E-state index contributed by atoms with van der Waals surface area (Å²) in [4.78, 5) is 0. The highest BCUT2D eigenvalue weighted by Crippen LogP contribution is 2.22. The quantitative estimate of drug-likeness (QED) is 0.890. The average Bonchev–Trinajstić information content (AvgIpc) is 2.32. The third kappa shape index (κ3) is 3.38. The lowest BCUT2D eigenvalue weighted by Gasteiger charge is -2.13. The van der Waals surface area contributed by atoms with E-state index in [1.165, 1.54) is 0 Å². The molecule has 0 bridgehead atoms. The highest BCUT2D eigenvalue weighted by Gasteiger charge is 2.13. The van der Waals surface area contributed by atoms with Crippen molar-refractivity contribution in [3.05, 3.63) is 70.3 Å². The normalized spacial score (nSPS) is 12.5. The molecule has 1 unspecified atom stereocenters. The first-order chi connectivity index (χ1) is 8.95. The van der Waals surface area contributed by atoms with E-state index in [0.29, 0.717) is 0 Å². The number of aliphatic hydroxyl groups is 1. The van der Waals surface area contributed by atoms with Crippen LogP contribution in [0.3, 0.4) is 0 Å². The molecule has 0 amide bonds. The van der Waals surface area contributed by atoms with Crippen molar-refractivity contribution in [1.29, 1.82) is 0 Å². The number of rotatable bonds is 3. The zero-order valence-electron chi connectivity index (χ0n) is 11.0. The maximum atomic E-state index is 13.5. The van der Waals surface area contributed by atoms with Gasteiger partial charge in [-0.05, 0) is 43.2 Å². The van der Waals surface area contributed by atoms with E-state index < -0.39 is 17.7 Å². The summed E-state index contributed by atoms with van der Waals surface area (Å²) in [5.74, 6) is -0.992. The molecule has 0 radical (unpaired) electrons. The number of aliphatic hydroxyl groups excluding tert-OH is 1. The fraction of sp³-hybridized carbons (Fsp3) is 0.250. The number of halogens is 2. The molecule has 0 aromatic heterocycles. The van der Waals surface area contributed by atoms with Gasteiger partial charge in [-0.1, -0.05) is 29.3 Å². The van der Waals surface area contributed by atoms with Gasteiger partial charge in [0.25, 0.3) is 0 Å².